The van der Waals surface area contributed by atoms with Crippen molar-refractivity contribution in [2.45, 2.75) is 27.2 Å². The normalized spacial score (nSPS) is 16.2. The SMILES string of the molecule is CCC(C)(C)CNc1nc(N)nc(N2CCOCC2)n1. The van der Waals surface area contributed by atoms with Crippen molar-refractivity contribution >= 4 is 17.8 Å². The van der Waals surface area contributed by atoms with Gasteiger partial charge in [0, 0.05) is 19.6 Å². The van der Waals surface area contributed by atoms with Crippen LogP contribution in [-0.2, 0) is 4.74 Å². The van der Waals surface area contributed by atoms with Crippen LogP contribution in [0, 0.1) is 5.41 Å². The Morgan fingerprint density at radius 3 is 2.60 bits per heavy atom. The van der Waals surface area contributed by atoms with Crippen LogP contribution >= 0.6 is 0 Å². The molecule has 0 aliphatic carbocycles. The molecule has 1 aliphatic rings. The number of morpholine rings is 1. The first-order valence-electron chi connectivity index (χ1n) is 7.08. The third-order valence-corrected chi connectivity index (χ3v) is 3.62. The monoisotopic (exact) mass is 280 g/mol. The van der Waals surface area contributed by atoms with E-state index in [4.69, 9.17) is 10.5 Å². The largest absolute Gasteiger partial charge is 0.378 e. The Kier molecular flexibility index (Phi) is 4.59. The van der Waals surface area contributed by atoms with Gasteiger partial charge in [-0.2, -0.15) is 15.0 Å². The number of hydrogen-bond acceptors (Lipinski definition) is 7. The molecule has 0 bridgehead atoms. The summed E-state index contributed by atoms with van der Waals surface area (Å²) >= 11 is 0. The van der Waals surface area contributed by atoms with E-state index in [9.17, 15) is 0 Å². The summed E-state index contributed by atoms with van der Waals surface area (Å²) < 4.78 is 5.33. The van der Waals surface area contributed by atoms with Crippen molar-refractivity contribution in [2.75, 3.05) is 48.8 Å². The second-order valence-corrected chi connectivity index (χ2v) is 5.79. The molecule has 1 fully saturated rings. The first-order valence-corrected chi connectivity index (χ1v) is 7.08. The van der Waals surface area contributed by atoms with Gasteiger partial charge in [0.15, 0.2) is 0 Å². The van der Waals surface area contributed by atoms with E-state index in [0.717, 1.165) is 26.1 Å². The summed E-state index contributed by atoms with van der Waals surface area (Å²) in [7, 11) is 0. The topological polar surface area (TPSA) is 89.2 Å². The number of aromatic nitrogens is 3. The summed E-state index contributed by atoms with van der Waals surface area (Å²) in [6, 6.07) is 0. The first-order chi connectivity index (χ1) is 9.50. The summed E-state index contributed by atoms with van der Waals surface area (Å²) in [5, 5.41) is 3.26. The molecule has 0 amide bonds. The number of nitrogens with two attached hydrogens (primary N) is 1. The zero-order chi connectivity index (χ0) is 14.6. The minimum atomic E-state index is 0.195. The quantitative estimate of drug-likeness (QED) is 0.836. The summed E-state index contributed by atoms with van der Waals surface area (Å²) in [4.78, 5) is 14.9. The molecule has 1 saturated heterocycles. The van der Waals surface area contributed by atoms with Crippen LogP contribution in [-0.4, -0.2) is 47.8 Å². The summed E-state index contributed by atoms with van der Waals surface area (Å²) in [5.41, 5.74) is 5.97. The Bertz CT molecular complexity index is 444. The van der Waals surface area contributed by atoms with Crippen molar-refractivity contribution in [3.05, 3.63) is 0 Å². The molecule has 0 saturated carbocycles. The van der Waals surface area contributed by atoms with Crippen LogP contribution < -0.4 is 16.0 Å². The molecule has 1 aliphatic heterocycles. The summed E-state index contributed by atoms with van der Waals surface area (Å²) in [6.45, 7) is 10.3. The van der Waals surface area contributed by atoms with Gasteiger partial charge in [-0.05, 0) is 11.8 Å². The van der Waals surface area contributed by atoms with Crippen molar-refractivity contribution in [3.8, 4) is 0 Å². The maximum atomic E-state index is 5.78. The fourth-order valence-electron chi connectivity index (χ4n) is 1.81. The number of ether oxygens (including phenoxy) is 1. The van der Waals surface area contributed by atoms with Crippen LogP contribution in [0.2, 0.25) is 0 Å². The number of nitrogen functional groups attached to an aromatic ring is 1. The Morgan fingerprint density at radius 1 is 1.25 bits per heavy atom. The van der Waals surface area contributed by atoms with Gasteiger partial charge in [-0.25, -0.2) is 0 Å². The highest BCUT2D eigenvalue weighted by Gasteiger charge is 2.18. The molecule has 1 aromatic rings. The van der Waals surface area contributed by atoms with E-state index < -0.39 is 0 Å². The van der Waals surface area contributed by atoms with Gasteiger partial charge < -0.3 is 20.7 Å². The molecule has 0 unspecified atom stereocenters. The Hall–Kier alpha value is -1.63. The van der Waals surface area contributed by atoms with Crippen molar-refractivity contribution in [3.63, 3.8) is 0 Å². The van der Waals surface area contributed by atoms with E-state index in [-0.39, 0.29) is 11.4 Å². The molecule has 7 nitrogen and oxygen atoms in total. The van der Waals surface area contributed by atoms with Crippen molar-refractivity contribution in [1.82, 2.24) is 15.0 Å². The van der Waals surface area contributed by atoms with Gasteiger partial charge in [-0.1, -0.05) is 20.8 Å². The Morgan fingerprint density at radius 2 is 1.95 bits per heavy atom. The Balaban J connectivity index is 2.08. The molecule has 0 spiro atoms. The molecule has 2 rings (SSSR count). The van der Waals surface area contributed by atoms with Gasteiger partial charge in [0.25, 0.3) is 0 Å². The lowest BCUT2D eigenvalue weighted by molar-refractivity contribution is 0.122. The summed E-state index contributed by atoms with van der Waals surface area (Å²) in [5.74, 6) is 1.41. The molecule has 2 heterocycles. The number of nitrogens with zero attached hydrogens (tertiary/aromatic N) is 4. The van der Waals surface area contributed by atoms with Crippen molar-refractivity contribution in [2.24, 2.45) is 5.41 Å². The summed E-state index contributed by atoms with van der Waals surface area (Å²) in [6.07, 6.45) is 1.08. The fourth-order valence-corrected chi connectivity index (χ4v) is 1.81. The van der Waals surface area contributed by atoms with Gasteiger partial charge in [-0.15, -0.1) is 0 Å². The fraction of sp³-hybridized carbons (Fsp3) is 0.769. The molecule has 7 heteroatoms. The maximum absolute atomic E-state index is 5.78. The Labute approximate surface area is 119 Å². The second-order valence-electron chi connectivity index (χ2n) is 5.79. The molecule has 0 atom stereocenters. The number of nitrogens with one attached hydrogen (secondary N) is 1. The highest BCUT2D eigenvalue weighted by molar-refractivity contribution is 5.42. The predicted molar refractivity (Wildman–Crippen MR) is 79.8 cm³/mol. The van der Waals surface area contributed by atoms with E-state index >= 15 is 0 Å². The number of anilines is 3. The van der Waals surface area contributed by atoms with Crippen LogP contribution in [0.25, 0.3) is 0 Å². The molecule has 112 valence electrons. The van der Waals surface area contributed by atoms with E-state index in [1.54, 1.807) is 0 Å². The molecular weight excluding hydrogens is 256 g/mol. The lowest BCUT2D eigenvalue weighted by atomic mass is 9.90. The minimum Gasteiger partial charge on any atom is -0.378 e. The molecular formula is C13H24N6O. The zero-order valence-electron chi connectivity index (χ0n) is 12.5. The highest BCUT2D eigenvalue weighted by Crippen LogP contribution is 2.20. The van der Waals surface area contributed by atoms with Crippen molar-refractivity contribution in [1.29, 1.82) is 0 Å². The molecule has 0 radical (unpaired) electrons. The zero-order valence-corrected chi connectivity index (χ0v) is 12.5. The van der Waals surface area contributed by atoms with E-state index in [0.29, 0.717) is 25.1 Å². The third-order valence-electron chi connectivity index (χ3n) is 3.62. The van der Waals surface area contributed by atoms with Crippen molar-refractivity contribution < 1.29 is 4.74 Å². The van der Waals surface area contributed by atoms with Crippen LogP contribution in [0.1, 0.15) is 27.2 Å². The average molecular weight is 280 g/mol. The lowest BCUT2D eigenvalue weighted by Crippen LogP contribution is -2.37. The molecule has 3 N–H and O–H groups in total. The van der Waals surface area contributed by atoms with E-state index in [2.05, 4.69) is 45.9 Å². The average Bonchev–Trinajstić information content (AvgIpc) is 2.46. The van der Waals surface area contributed by atoms with E-state index in [1.807, 2.05) is 0 Å². The second kappa shape index (κ2) is 6.21. The van der Waals surface area contributed by atoms with Gasteiger partial charge in [0.1, 0.15) is 0 Å². The number of rotatable bonds is 5. The molecule has 1 aromatic heterocycles. The predicted octanol–water partition coefficient (Wildman–Crippen LogP) is 1.14. The smallest absolute Gasteiger partial charge is 0.232 e. The van der Waals surface area contributed by atoms with Crippen LogP contribution in [0.3, 0.4) is 0 Å². The highest BCUT2D eigenvalue weighted by atomic mass is 16.5. The van der Waals surface area contributed by atoms with Gasteiger partial charge in [0.05, 0.1) is 13.2 Å². The minimum absolute atomic E-state index is 0.195. The van der Waals surface area contributed by atoms with Crippen LogP contribution in [0.15, 0.2) is 0 Å². The van der Waals surface area contributed by atoms with Gasteiger partial charge in [0.2, 0.25) is 17.8 Å². The third kappa shape index (κ3) is 3.93. The van der Waals surface area contributed by atoms with Gasteiger partial charge >= 0.3 is 0 Å². The lowest BCUT2D eigenvalue weighted by Gasteiger charge is -2.27. The first kappa shape index (κ1) is 14.8. The maximum Gasteiger partial charge on any atom is 0.232 e. The number of hydrogen-bond donors (Lipinski definition) is 2. The molecule has 0 aromatic carbocycles. The van der Waals surface area contributed by atoms with E-state index in [1.165, 1.54) is 0 Å². The van der Waals surface area contributed by atoms with Gasteiger partial charge in [-0.3, -0.25) is 0 Å². The standard InChI is InChI=1S/C13H24N6O/c1-4-13(2,3)9-15-11-16-10(14)17-12(18-11)19-5-7-20-8-6-19/h4-9H2,1-3H3,(H3,14,15,16,17,18). The molecule has 20 heavy (non-hydrogen) atoms. The van der Waals surface area contributed by atoms with Crippen LogP contribution in [0.4, 0.5) is 17.8 Å². The van der Waals surface area contributed by atoms with Crippen LogP contribution in [0.5, 0.6) is 0 Å².